The van der Waals surface area contributed by atoms with Crippen molar-refractivity contribution in [2.45, 2.75) is 13.1 Å². The highest BCUT2D eigenvalue weighted by Crippen LogP contribution is 2.23. The first-order chi connectivity index (χ1) is 14.4. The number of carboxylic acid groups (broad SMARTS) is 1. The van der Waals surface area contributed by atoms with Gasteiger partial charge in [-0.15, -0.1) is 5.10 Å². The number of aromatic hydroxyl groups is 1. The summed E-state index contributed by atoms with van der Waals surface area (Å²) >= 11 is 5.86. The lowest BCUT2D eigenvalue weighted by Gasteiger charge is -2.05. The monoisotopic (exact) mass is 430 g/mol. The number of carbonyl (C=O) groups excluding carboxylic acids is 1. The number of halogens is 1. The Labute approximate surface area is 176 Å². The fraction of sp³-hybridized carbons (Fsp3) is 0.211. The van der Waals surface area contributed by atoms with Crippen molar-refractivity contribution in [3.63, 3.8) is 0 Å². The van der Waals surface area contributed by atoms with Crippen molar-refractivity contribution >= 4 is 23.5 Å². The Morgan fingerprint density at radius 1 is 1.20 bits per heavy atom. The number of aromatic nitrogens is 4. The zero-order chi connectivity index (χ0) is 21.5. The molecule has 0 saturated heterocycles. The smallest absolute Gasteiger partial charge is 0.322 e. The first kappa shape index (κ1) is 21.2. The van der Waals surface area contributed by atoms with Crippen molar-refractivity contribution in [1.29, 1.82) is 0 Å². The molecule has 0 unspecified atom stereocenters. The Morgan fingerprint density at radius 2 is 1.97 bits per heavy atom. The second kappa shape index (κ2) is 9.81. The number of rotatable bonds is 9. The zero-order valence-corrected chi connectivity index (χ0v) is 16.5. The topological polar surface area (TPSA) is 142 Å². The molecule has 10 nitrogen and oxygen atoms in total. The summed E-state index contributed by atoms with van der Waals surface area (Å²) in [6.07, 6.45) is 3.06. The number of nitrogens with one attached hydrogen (secondary N) is 2. The third-order valence-electron chi connectivity index (χ3n) is 4.08. The molecule has 0 radical (unpaired) electrons. The maximum Gasteiger partial charge on any atom is 0.322 e. The molecule has 11 heteroatoms. The van der Waals surface area contributed by atoms with Crippen LogP contribution in [-0.2, 0) is 17.9 Å². The fourth-order valence-electron chi connectivity index (χ4n) is 2.58. The van der Waals surface area contributed by atoms with Crippen LogP contribution in [0.5, 0.6) is 5.75 Å². The summed E-state index contributed by atoms with van der Waals surface area (Å²) in [6, 6.07) is 8.91. The maximum absolute atomic E-state index is 11.8. The highest BCUT2D eigenvalue weighted by atomic mass is 35.5. The van der Waals surface area contributed by atoms with Crippen LogP contribution in [0.3, 0.4) is 0 Å². The van der Waals surface area contributed by atoms with Gasteiger partial charge in [-0.3, -0.25) is 14.3 Å². The van der Waals surface area contributed by atoms with Crippen molar-refractivity contribution in [1.82, 2.24) is 30.6 Å². The molecule has 0 spiro atoms. The number of aliphatic carboxylic acids is 1. The summed E-state index contributed by atoms with van der Waals surface area (Å²) in [5.41, 5.74) is 1.81. The first-order valence-corrected chi connectivity index (χ1v) is 9.35. The number of hydrogen-bond donors (Lipinski definition) is 4. The summed E-state index contributed by atoms with van der Waals surface area (Å²) in [6.45, 7) is 1.37. The number of benzene rings is 1. The highest BCUT2D eigenvalue weighted by molar-refractivity contribution is 6.30. The van der Waals surface area contributed by atoms with Gasteiger partial charge in [0, 0.05) is 29.9 Å². The Morgan fingerprint density at radius 3 is 2.67 bits per heavy atom. The predicted octanol–water partition coefficient (Wildman–Crippen LogP) is 1.30. The van der Waals surface area contributed by atoms with E-state index in [1.807, 2.05) is 24.3 Å². The molecule has 3 rings (SSSR count). The summed E-state index contributed by atoms with van der Waals surface area (Å²) in [5, 5.41) is 32.9. The quantitative estimate of drug-likeness (QED) is 0.372. The van der Waals surface area contributed by atoms with Crippen LogP contribution in [0.1, 0.15) is 16.1 Å². The lowest BCUT2D eigenvalue weighted by Crippen LogP contribution is -2.29. The molecule has 0 bridgehead atoms. The lowest BCUT2D eigenvalue weighted by molar-refractivity contribution is -0.135. The molecule has 0 saturated carbocycles. The number of pyridine rings is 1. The van der Waals surface area contributed by atoms with Crippen LogP contribution in [0.25, 0.3) is 11.3 Å². The number of amides is 1. The van der Waals surface area contributed by atoms with Gasteiger partial charge in [-0.05, 0) is 23.8 Å². The standard InChI is InChI=1S/C19H19ClN6O4/c20-14-3-1-12(2-4-14)8-21-5-6-26-11-15(24-25-26)13-7-16(27)18(22-9-13)19(30)23-10-17(28)29/h1-4,7,9,11,21,27H,5-6,8,10H2,(H,23,30)(H,28,29). The minimum Gasteiger partial charge on any atom is -0.505 e. The van der Waals surface area contributed by atoms with Gasteiger partial charge in [-0.2, -0.15) is 0 Å². The van der Waals surface area contributed by atoms with Gasteiger partial charge in [0.25, 0.3) is 5.91 Å². The van der Waals surface area contributed by atoms with E-state index in [4.69, 9.17) is 16.7 Å². The van der Waals surface area contributed by atoms with Crippen LogP contribution in [0, 0.1) is 0 Å². The molecule has 0 aliphatic rings. The Balaban J connectivity index is 1.54. The molecule has 156 valence electrons. The molecular formula is C19H19ClN6O4. The first-order valence-electron chi connectivity index (χ1n) is 8.97. The van der Waals surface area contributed by atoms with Gasteiger partial charge >= 0.3 is 5.97 Å². The minimum atomic E-state index is -1.20. The number of hydrogen-bond acceptors (Lipinski definition) is 7. The molecule has 0 aliphatic heterocycles. The van der Waals surface area contributed by atoms with Crippen LogP contribution >= 0.6 is 11.6 Å². The van der Waals surface area contributed by atoms with Gasteiger partial charge in [0.2, 0.25) is 0 Å². The van der Waals surface area contributed by atoms with Crippen LogP contribution in [0.2, 0.25) is 5.02 Å². The second-order valence-electron chi connectivity index (χ2n) is 6.34. The summed E-state index contributed by atoms with van der Waals surface area (Å²) < 4.78 is 1.65. The highest BCUT2D eigenvalue weighted by Gasteiger charge is 2.16. The lowest BCUT2D eigenvalue weighted by atomic mass is 10.2. The molecule has 0 fully saturated rings. The molecular weight excluding hydrogens is 412 g/mol. The molecule has 0 aliphatic carbocycles. The van der Waals surface area contributed by atoms with E-state index >= 15 is 0 Å². The Kier molecular flexibility index (Phi) is 6.94. The molecule has 4 N–H and O–H groups in total. The van der Waals surface area contributed by atoms with Crippen molar-refractivity contribution in [3.8, 4) is 17.0 Å². The summed E-state index contributed by atoms with van der Waals surface area (Å²) in [5.74, 6) is -2.36. The third-order valence-corrected chi connectivity index (χ3v) is 4.33. The average molecular weight is 431 g/mol. The van der Waals surface area contributed by atoms with E-state index in [2.05, 4.69) is 25.9 Å². The van der Waals surface area contributed by atoms with Gasteiger partial charge < -0.3 is 20.8 Å². The zero-order valence-electron chi connectivity index (χ0n) is 15.7. The van der Waals surface area contributed by atoms with Gasteiger partial charge in [0.05, 0.1) is 12.7 Å². The normalized spacial score (nSPS) is 10.7. The van der Waals surface area contributed by atoms with Crippen LogP contribution in [0.4, 0.5) is 0 Å². The molecule has 0 atom stereocenters. The molecule has 1 aromatic carbocycles. The van der Waals surface area contributed by atoms with E-state index in [1.165, 1.54) is 12.3 Å². The van der Waals surface area contributed by atoms with E-state index in [1.54, 1.807) is 10.9 Å². The summed E-state index contributed by atoms with van der Waals surface area (Å²) in [4.78, 5) is 26.3. The Hall–Kier alpha value is -3.50. The van der Waals surface area contributed by atoms with E-state index in [0.29, 0.717) is 35.9 Å². The molecule has 3 aromatic rings. The molecule has 1 amide bonds. The number of nitrogens with zero attached hydrogens (tertiary/aromatic N) is 4. The average Bonchev–Trinajstić information content (AvgIpc) is 3.19. The summed E-state index contributed by atoms with van der Waals surface area (Å²) in [7, 11) is 0. The van der Waals surface area contributed by atoms with E-state index in [0.717, 1.165) is 5.56 Å². The van der Waals surface area contributed by atoms with E-state index in [9.17, 15) is 14.7 Å². The predicted molar refractivity (Wildman–Crippen MR) is 108 cm³/mol. The van der Waals surface area contributed by atoms with E-state index in [-0.39, 0.29) is 11.4 Å². The van der Waals surface area contributed by atoms with E-state index < -0.39 is 18.4 Å². The third kappa shape index (κ3) is 5.75. The molecule has 30 heavy (non-hydrogen) atoms. The van der Waals surface area contributed by atoms with Gasteiger partial charge in [-0.25, -0.2) is 4.98 Å². The van der Waals surface area contributed by atoms with Crippen molar-refractivity contribution in [3.05, 3.63) is 59.0 Å². The van der Waals surface area contributed by atoms with Gasteiger partial charge in [0.1, 0.15) is 18.0 Å². The Bertz CT molecular complexity index is 1040. The van der Waals surface area contributed by atoms with Gasteiger partial charge in [-0.1, -0.05) is 28.9 Å². The number of carboxylic acids is 1. The number of carbonyl (C=O) groups is 2. The minimum absolute atomic E-state index is 0.265. The molecule has 2 aromatic heterocycles. The molecule has 2 heterocycles. The fourth-order valence-corrected chi connectivity index (χ4v) is 2.70. The van der Waals surface area contributed by atoms with Crippen molar-refractivity contribution in [2.24, 2.45) is 0 Å². The van der Waals surface area contributed by atoms with Crippen molar-refractivity contribution in [2.75, 3.05) is 13.1 Å². The van der Waals surface area contributed by atoms with Crippen LogP contribution < -0.4 is 10.6 Å². The van der Waals surface area contributed by atoms with Crippen molar-refractivity contribution < 1.29 is 19.8 Å². The van der Waals surface area contributed by atoms with Gasteiger partial charge in [0.15, 0.2) is 5.69 Å². The largest absolute Gasteiger partial charge is 0.505 e. The van der Waals surface area contributed by atoms with Crippen LogP contribution in [-0.4, -0.2) is 55.2 Å². The van der Waals surface area contributed by atoms with Crippen LogP contribution in [0.15, 0.2) is 42.7 Å². The second-order valence-corrected chi connectivity index (χ2v) is 6.77. The maximum atomic E-state index is 11.8. The SMILES string of the molecule is O=C(O)CNC(=O)c1ncc(-c2cn(CCNCc3ccc(Cl)cc3)nn2)cc1O.